The summed E-state index contributed by atoms with van der Waals surface area (Å²) in [5.74, 6) is -0.305. The number of hydrogen-bond acceptors (Lipinski definition) is 5. The third-order valence-corrected chi connectivity index (χ3v) is 6.94. The predicted octanol–water partition coefficient (Wildman–Crippen LogP) is 1.99. The van der Waals surface area contributed by atoms with E-state index in [0.717, 1.165) is 18.6 Å². The zero-order valence-corrected chi connectivity index (χ0v) is 18.1. The highest BCUT2D eigenvalue weighted by atomic mass is 16.5. The van der Waals surface area contributed by atoms with Gasteiger partial charge < -0.3 is 24.7 Å². The Morgan fingerprint density at radius 1 is 1.27 bits per heavy atom. The van der Waals surface area contributed by atoms with Crippen LogP contribution in [0.3, 0.4) is 0 Å². The van der Waals surface area contributed by atoms with Crippen molar-refractivity contribution in [2.75, 3.05) is 6.54 Å². The number of carbonyl (C=O) groups is 2. The van der Waals surface area contributed by atoms with Crippen LogP contribution in [-0.2, 0) is 20.9 Å². The number of rotatable bonds is 4. The van der Waals surface area contributed by atoms with E-state index in [4.69, 9.17) is 9.15 Å². The van der Waals surface area contributed by atoms with E-state index in [1.165, 1.54) is 0 Å². The Morgan fingerprint density at radius 2 is 2.00 bits per heavy atom. The van der Waals surface area contributed by atoms with Crippen LogP contribution in [0.4, 0.5) is 0 Å². The van der Waals surface area contributed by atoms with E-state index in [0.29, 0.717) is 13.1 Å². The number of hydrogen-bond donors (Lipinski definition) is 2. The number of furan rings is 1. The molecule has 0 unspecified atom stereocenters. The first-order chi connectivity index (χ1) is 14.1. The number of ether oxygens (including phenoxy) is 1. The van der Waals surface area contributed by atoms with Gasteiger partial charge in [0, 0.05) is 17.1 Å². The molecular weight excluding hydrogens is 382 g/mol. The number of likely N-dealkylation sites (tertiary alicyclic amines) is 1. The van der Waals surface area contributed by atoms with E-state index in [1.807, 2.05) is 24.3 Å². The lowest BCUT2D eigenvalue weighted by Gasteiger charge is -2.47. The standard InChI is InChI=1S/C23H31N3O4/c1-21(2)10-14(11-22(3,4)25-21)24-19(27)17-16-7-8-23(30-16)13-26(20(28)18(17)23)12-15-6-5-9-29-15/h5-9,14,16-18,25H,10-13H2,1-4H3,(H,24,27)/t16-,17+,18+,23-/m0/s1. The maximum Gasteiger partial charge on any atom is 0.230 e. The summed E-state index contributed by atoms with van der Waals surface area (Å²) < 4.78 is 11.6. The second kappa shape index (κ2) is 6.44. The molecule has 4 aliphatic heterocycles. The fourth-order valence-electron chi connectivity index (χ4n) is 6.32. The molecule has 1 aromatic heterocycles. The van der Waals surface area contributed by atoms with Gasteiger partial charge in [-0.1, -0.05) is 12.2 Å². The highest BCUT2D eigenvalue weighted by Gasteiger charge is 2.67. The SMILES string of the molecule is CC1(C)CC(NC(=O)[C@@H]2[C@@H]3C=C[C@@]4(CN(Cc5ccco5)C(=O)[C@@H]24)O3)CC(C)(C)N1. The van der Waals surface area contributed by atoms with Crippen molar-refractivity contribution in [1.82, 2.24) is 15.5 Å². The molecule has 1 aromatic rings. The first kappa shape index (κ1) is 19.8. The quantitative estimate of drug-likeness (QED) is 0.738. The third kappa shape index (κ3) is 3.19. The summed E-state index contributed by atoms with van der Waals surface area (Å²) in [4.78, 5) is 28.4. The molecule has 0 aliphatic carbocycles. The van der Waals surface area contributed by atoms with Crippen molar-refractivity contribution in [1.29, 1.82) is 0 Å². The molecule has 4 aliphatic rings. The topological polar surface area (TPSA) is 83.8 Å². The van der Waals surface area contributed by atoms with Crippen LogP contribution in [0.1, 0.15) is 46.3 Å². The minimum atomic E-state index is -0.691. The Balaban J connectivity index is 1.33. The van der Waals surface area contributed by atoms with Crippen molar-refractivity contribution in [3.05, 3.63) is 36.3 Å². The summed E-state index contributed by atoms with van der Waals surface area (Å²) in [6.45, 7) is 9.52. The molecule has 0 saturated carbocycles. The van der Waals surface area contributed by atoms with Gasteiger partial charge in [-0.25, -0.2) is 0 Å². The van der Waals surface area contributed by atoms with Crippen LogP contribution in [-0.4, -0.2) is 52.1 Å². The van der Waals surface area contributed by atoms with Crippen molar-refractivity contribution in [3.8, 4) is 0 Å². The van der Waals surface area contributed by atoms with Gasteiger partial charge in [-0.2, -0.15) is 0 Å². The van der Waals surface area contributed by atoms with E-state index < -0.39 is 17.4 Å². The van der Waals surface area contributed by atoms with Crippen LogP contribution < -0.4 is 10.6 Å². The van der Waals surface area contributed by atoms with E-state index in [9.17, 15) is 9.59 Å². The average molecular weight is 414 g/mol. The molecule has 5 heterocycles. The van der Waals surface area contributed by atoms with E-state index in [2.05, 4.69) is 38.3 Å². The number of piperidine rings is 1. The minimum absolute atomic E-state index is 0.0237. The largest absolute Gasteiger partial charge is 0.467 e. The van der Waals surface area contributed by atoms with Crippen LogP contribution in [0.25, 0.3) is 0 Å². The summed E-state index contributed by atoms with van der Waals surface area (Å²) in [7, 11) is 0. The van der Waals surface area contributed by atoms with Gasteiger partial charge in [0.05, 0.1) is 37.3 Å². The summed E-state index contributed by atoms with van der Waals surface area (Å²) in [6, 6.07) is 3.74. The molecule has 7 nitrogen and oxygen atoms in total. The fourth-order valence-corrected chi connectivity index (χ4v) is 6.32. The van der Waals surface area contributed by atoms with Gasteiger partial charge in [0.25, 0.3) is 0 Å². The second-order valence-corrected chi connectivity index (χ2v) is 10.7. The number of amides is 2. The monoisotopic (exact) mass is 413 g/mol. The molecule has 2 N–H and O–H groups in total. The van der Waals surface area contributed by atoms with Crippen LogP contribution in [0.5, 0.6) is 0 Å². The molecule has 4 atom stereocenters. The molecule has 162 valence electrons. The molecule has 3 saturated heterocycles. The Kier molecular flexibility index (Phi) is 4.25. The molecule has 0 aromatic carbocycles. The summed E-state index contributed by atoms with van der Waals surface area (Å²) in [6.07, 6.45) is 6.93. The molecule has 1 spiro atoms. The van der Waals surface area contributed by atoms with Crippen LogP contribution >= 0.6 is 0 Å². The number of carbonyl (C=O) groups excluding carboxylic acids is 2. The summed E-state index contributed by atoms with van der Waals surface area (Å²) >= 11 is 0. The van der Waals surface area contributed by atoms with Crippen LogP contribution in [0, 0.1) is 11.8 Å². The predicted molar refractivity (Wildman–Crippen MR) is 110 cm³/mol. The summed E-state index contributed by atoms with van der Waals surface area (Å²) in [5.41, 5.74) is -0.812. The van der Waals surface area contributed by atoms with Crippen molar-refractivity contribution >= 4 is 11.8 Å². The highest BCUT2D eigenvalue weighted by molar-refractivity contribution is 5.93. The van der Waals surface area contributed by atoms with E-state index in [1.54, 1.807) is 11.2 Å². The molecular formula is C23H31N3O4. The van der Waals surface area contributed by atoms with Crippen molar-refractivity contribution in [2.24, 2.45) is 11.8 Å². The minimum Gasteiger partial charge on any atom is -0.467 e. The van der Waals surface area contributed by atoms with Gasteiger partial charge in [0.2, 0.25) is 11.8 Å². The zero-order chi connectivity index (χ0) is 21.3. The number of fused-ring (bicyclic) bond motifs is 1. The Hall–Kier alpha value is -2.12. The second-order valence-electron chi connectivity index (χ2n) is 10.7. The number of nitrogens with one attached hydrogen (secondary N) is 2. The molecule has 5 rings (SSSR count). The average Bonchev–Trinajstić information content (AvgIpc) is 3.35. The highest BCUT2D eigenvalue weighted by Crippen LogP contribution is 2.52. The first-order valence-electron chi connectivity index (χ1n) is 10.9. The third-order valence-electron chi connectivity index (χ3n) is 6.94. The lowest BCUT2D eigenvalue weighted by Crippen LogP contribution is -2.62. The van der Waals surface area contributed by atoms with Gasteiger partial charge in [0.15, 0.2) is 0 Å². The Morgan fingerprint density at radius 3 is 2.67 bits per heavy atom. The fraction of sp³-hybridized carbons (Fsp3) is 0.652. The molecule has 0 radical (unpaired) electrons. The zero-order valence-electron chi connectivity index (χ0n) is 18.1. The van der Waals surface area contributed by atoms with Crippen LogP contribution in [0.2, 0.25) is 0 Å². The van der Waals surface area contributed by atoms with Crippen molar-refractivity contribution in [3.63, 3.8) is 0 Å². The molecule has 30 heavy (non-hydrogen) atoms. The lowest BCUT2D eigenvalue weighted by molar-refractivity contribution is -0.138. The lowest BCUT2D eigenvalue weighted by atomic mass is 9.75. The maximum absolute atomic E-state index is 13.4. The number of nitrogens with zero attached hydrogens (tertiary/aromatic N) is 1. The van der Waals surface area contributed by atoms with E-state index in [-0.39, 0.29) is 35.0 Å². The van der Waals surface area contributed by atoms with Crippen molar-refractivity contribution < 1.29 is 18.7 Å². The van der Waals surface area contributed by atoms with Crippen LogP contribution in [0.15, 0.2) is 35.0 Å². The smallest absolute Gasteiger partial charge is 0.230 e. The molecule has 2 amide bonds. The maximum atomic E-state index is 13.4. The molecule has 2 bridgehead atoms. The van der Waals surface area contributed by atoms with E-state index >= 15 is 0 Å². The van der Waals surface area contributed by atoms with Gasteiger partial charge in [-0.15, -0.1) is 0 Å². The van der Waals surface area contributed by atoms with Gasteiger partial charge >= 0.3 is 0 Å². The first-order valence-corrected chi connectivity index (χ1v) is 10.9. The molecule has 3 fully saturated rings. The normalized spacial score (nSPS) is 36.3. The molecule has 7 heteroatoms. The Bertz CT molecular complexity index is 874. The Labute approximate surface area is 177 Å². The van der Waals surface area contributed by atoms with Gasteiger partial charge in [0.1, 0.15) is 11.4 Å². The summed E-state index contributed by atoms with van der Waals surface area (Å²) in [5, 5.41) is 6.91. The van der Waals surface area contributed by atoms with Gasteiger partial charge in [-0.3, -0.25) is 9.59 Å². The van der Waals surface area contributed by atoms with Crippen molar-refractivity contribution in [2.45, 2.75) is 75.9 Å². The van der Waals surface area contributed by atoms with Gasteiger partial charge in [-0.05, 0) is 52.7 Å².